The minimum atomic E-state index is 0.412. The largest absolute Gasteiger partial charge is 0.384 e. The summed E-state index contributed by atoms with van der Waals surface area (Å²) in [6, 6.07) is 0. The molecule has 4 nitrogen and oxygen atoms in total. The Hall–Kier alpha value is -0.780. The van der Waals surface area contributed by atoms with Crippen molar-refractivity contribution in [2.75, 3.05) is 13.7 Å². The van der Waals surface area contributed by atoms with E-state index in [9.17, 15) is 0 Å². The van der Waals surface area contributed by atoms with Crippen LogP contribution in [0.5, 0.6) is 0 Å². The molecule has 14 heavy (non-hydrogen) atoms. The summed E-state index contributed by atoms with van der Waals surface area (Å²) in [4.78, 5) is 13.1. The number of rotatable bonds is 3. The summed E-state index contributed by atoms with van der Waals surface area (Å²) < 4.78 is 4.97. The van der Waals surface area contributed by atoms with E-state index in [-0.39, 0.29) is 0 Å². The molecule has 2 aromatic heterocycles. The van der Waals surface area contributed by atoms with Gasteiger partial charge in [0.15, 0.2) is 5.15 Å². The number of nitrogens with zero attached hydrogens (tertiary/aromatic N) is 3. The minimum absolute atomic E-state index is 0.412. The van der Waals surface area contributed by atoms with E-state index in [1.54, 1.807) is 7.11 Å². The summed E-state index contributed by atoms with van der Waals surface area (Å²) in [7, 11) is 1.67. The molecule has 0 aliphatic carbocycles. The molecule has 6 heteroatoms. The maximum Gasteiger partial charge on any atom is 0.159 e. The van der Waals surface area contributed by atoms with Gasteiger partial charge in [0.25, 0.3) is 0 Å². The van der Waals surface area contributed by atoms with E-state index in [0.29, 0.717) is 17.3 Å². The molecule has 0 N–H and O–H groups in total. The first-order valence-corrected chi connectivity index (χ1v) is 5.25. The van der Waals surface area contributed by atoms with E-state index in [1.807, 2.05) is 0 Å². The van der Waals surface area contributed by atoms with E-state index in [2.05, 4.69) is 15.0 Å². The molecule has 0 radical (unpaired) electrons. The highest BCUT2D eigenvalue weighted by molar-refractivity contribution is 7.18. The molecule has 0 aromatic carbocycles. The second kappa shape index (κ2) is 4.16. The molecule has 0 unspecified atom stereocenters. The molecule has 74 valence electrons. The maximum absolute atomic E-state index is 5.87. The molecule has 0 bridgehead atoms. The van der Waals surface area contributed by atoms with Crippen molar-refractivity contribution < 1.29 is 4.74 Å². The van der Waals surface area contributed by atoms with Crippen LogP contribution in [0.15, 0.2) is 6.33 Å². The summed E-state index contributed by atoms with van der Waals surface area (Å²) in [5.74, 6) is 0. The molecule has 2 rings (SSSR count). The minimum Gasteiger partial charge on any atom is -0.384 e. The van der Waals surface area contributed by atoms with E-state index in [0.717, 1.165) is 16.3 Å². The Bertz CT molecular complexity index is 445. The van der Waals surface area contributed by atoms with Crippen LogP contribution in [0.1, 0.15) is 5.01 Å². The number of ether oxygens (including phenoxy) is 1. The van der Waals surface area contributed by atoms with Crippen LogP contribution in [-0.4, -0.2) is 28.7 Å². The van der Waals surface area contributed by atoms with Gasteiger partial charge in [-0.2, -0.15) is 0 Å². The SMILES string of the molecule is COCCc1nc2c(Cl)ncnc2s1. The molecule has 0 atom stereocenters. The molecule has 0 aliphatic rings. The number of methoxy groups -OCH3 is 1. The van der Waals surface area contributed by atoms with Gasteiger partial charge in [0.2, 0.25) is 0 Å². The topological polar surface area (TPSA) is 47.9 Å². The second-order valence-corrected chi connectivity index (χ2v) is 4.09. The van der Waals surface area contributed by atoms with Crippen LogP contribution < -0.4 is 0 Å². The van der Waals surface area contributed by atoms with E-state index < -0.39 is 0 Å². The summed E-state index contributed by atoms with van der Waals surface area (Å²) >= 11 is 7.39. The first-order valence-electron chi connectivity index (χ1n) is 4.06. The van der Waals surface area contributed by atoms with Crippen molar-refractivity contribution in [3.8, 4) is 0 Å². The molecule has 0 spiro atoms. The van der Waals surface area contributed by atoms with Gasteiger partial charge in [0, 0.05) is 13.5 Å². The van der Waals surface area contributed by atoms with Crippen LogP contribution in [0.2, 0.25) is 5.15 Å². The molecular formula is C8H8ClN3OS. The molecule has 0 saturated carbocycles. The Morgan fingerprint density at radius 2 is 2.36 bits per heavy atom. The maximum atomic E-state index is 5.87. The van der Waals surface area contributed by atoms with Crippen molar-refractivity contribution in [3.05, 3.63) is 16.5 Å². The summed E-state index contributed by atoms with van der Waals surface area (Å²) in [5.41, 5.74) is 0.685. The van der Waals surface area contributed by atoms with Gasteiger partial charge in [-0.15, -0.1) is 0 Å². The lowest BCUT2D eigenvalue weighted by Crippen LogP contribution is -1.92. The van der Waals surface area contributed by atoms with Crippen LogP contribution in [0.25, 0.3) is 10.3 Å². The van der Waals surface area contributed by atoms with Crippen LogP contribution in [0.3, 0.4) is 0 Å². The fraction of sp³-hybridized carbons (Fsp3) is 0.375. The molecule has 0 saturated heterocycles. The van der Waals surface area contributed by atoms with Crippen molar-refractivity contribution in [1.82, 2.24) is 15.0 Å². The van der Waals surface area contributed by atoms with Gasteiger partial charge >= 0.3 is 0 Å². The molecule has 2 heterocycles. The third kappa shape index (κ3) is 1.84. The molecule has 0 amide bonds. The second-order valence-electron chi connectivity index (χ2n) is 2.67. The van der Waals surface area contributed by atoms with Gasteiger partial charge in [-0.3, -0.25) is 0 Å². The fourth-order valence-electron chi connectivity index (χ4n) is 1.07. The predicted octanol–water partition coefficient (Wildman–Crippen LogP) is 1.93. The predicted molar refractivity (Wildman–Crippen MR) is 55.8 cm³/mol. The van der Waals surface area contributed by atoms with Crippen LogP contribution >= 0.6 is 22.9 Å². The Morgan fingerprint density at radius 1 is 1.50 bits per heavy atom. The third-order valence-electron chi connectivity index (χ3n) is 1.72. The average Bonchev–Trinajstić information content (AvgIpc) is 2.59. The van der Waals surface area contributed by atoms with Gasteiger partial charge in [-0.1, -0.05) is 22.9 Å². The van der Waals surface area contributed by atoms with Crippen molar-refractivity contribution in [1.29, 1.82) is 0 Å². The zero-order valence-electron chi connectivity index (χ0n) is 7.53. The Morgan fingerprint density at radius 3 is 3.07 bits per heavy atom. The molecule has 2 aromatic rings. The smallest absolute Gasteiger partial charge is 0.159 e. The zero-order chi connectivity index (χ0) is 9.97. The highest BCUT2D eigenvalue weighted by atomic mass is 35.5. The van der Waals surface area contributed by atoms with E-state index in [4.69, 9.17) is 16.3 Å². The lowest BCUT2D eigenvalue weighted by Gasteiger charge is -1.91. The van der Waals surface area contributed by atoms with Gasteiger partial charge in [0.1, 0.15) is 16.7 Å². The van der Waals surface area contributed by atoms with Crippen molar-refractivity contribution in [2.45, 2.75) is 6.42 Å². The number of fused-ring (bicyclic) bond motifs is 1. The molecular weight excluding hydrogens is 222 g/mol. The van der Waals surface area contributed by atoms with Gasteiger partial charge in [0.05, 0.1) is 11.6 Å². The highest BCUT2D eigenvalue weighted by Crippen LogP contribution is 2.24. The highest BCUT2D eigenvalue weighted by Gasteiger charge is 2.08. The summed E-state index contributed by atoms with van der Waals surface area (Å²) in [6.45, 7) is 0.658. The normalized spacial score (nSPS) is 11.0. The Kier molecular flexibility index (Phi) is 2.90. The van der Waals surface area contributed by atoms with Crippen LogP contribution in [0.4, 0.5) is 0 Å². The lowest BCUT2D eigenvalue weighted by atomic mass is 10.5. The zero-order valence-corrected chi connectivity index (χ0v) is 9.10. The fourth-order valence-corrected chi connectivity index (χ4v) is 2.18. The molecule has 0 fully saturated rings. The summed E-state index contributed by atoms with van der Waals surface area (Å²) in [6.07, 6.45) is 2.23. The Labute approximate surface area is 89.9 Å². The molecule has 0 aliphatic heterocycles. The Balaban J connectivity index is 2.36. The number of hydrogen-bond donors (Lipinski definition) is 0. The van der Waals surface area contributed by atoms with Crippen molar-refractivity contribution in [2.24, 2.45) is 0 Å². The van der Waals surface area contributed by atoms with E-state index >= 15 is 0 Å². The lowest BCUT2D eigenvalue weighted by molar-refractivity contribution is 0.202. The van der Waals surface area contributed by atoms with Gasteiger partial charge < -0.3 is 4.74 Å². The van der Waals surface area contributed by atoms with E-state index in [1.165, 1.54) is 17.7 Å². The van der Waals surface area contributed by atoms with Crippen LogP contribution in [-0.2, 0) is 11.2 Å². The standard InChI is InChI=1S/C8H8ClN3OS/c1-13-3-2-5-12-6-7(9)10-4-11-8(6)14-5/h4H,2-3H2,1H3. The monoisotopic (exact) mass is 229 g/mol. The van der Waals surface area contributed by atoms with Gasteiger partial charge in [-0.25, -0.2) is 15.0 Å². The first kappa shape index (κ1) is 9.76. The third-order valence-corrected chi connectivity index (χ3v) is 3.01. The first-order chi connectivity index (χ1) is 6.81. The van der Waals surface area contributed by atoms with Crippen molar-refractivity contribution >= 4 is 33.3 Å². The van der Waals surface area contributed by atoms with Gasteiger partial charge in [-0.05, 0) is 0 Å². The summed E-state index contributed by atoms with van der Waals surface area (Å²) in [5, 5.41) is 1.39. The van der Waals surface area contributed by atoms with Crippen molar-refractivity contribution in [3.63, 3.8) is 0 Å². The number of halogens is 1. The number of hydrogen-bond acceptors (Lipinski definition) is 5. The van der Waals surface area contributed by atoms with Crippen LogP contribution in [0, 0.1) is 0 Å². The number of aromatic nitrogens is 3. The number of thiazole rings is 1. The average molecular weight is 230 g/mol. The quantitative estimate of drug-likeness (QED) is 0.755.